The zero-order chi connectivity index (χ0) is 13.3. The Bertz CT molecular complexity index is 572. The molecule has 1 atom stereocenters. The molecule has 1 aromatic carbocycles. The van der Waals surface area contributed by atoms with Crippen LogP contribution in [0.1, 0.15) is 29.0 Å². The zero-order valence-corrected chi connectivity index (χ0v) is 11.4. The number of nitrogens with zero attached hydrogens (tertiary/aromatic N) is 1. The van der Waals surface area contributed by atoms with Gasteiger partial charge in [0.2, 0.25) is 0 Å². The second-order valence-electron chi connectivity index (χ2n) is 4.39. The predicted octanol–water partition coefficient (Wildman–Crippen LogP) is 3.62. The Labute approximate surface area is 110 Å². The normalized spacial score (nSPS) is 12.4. The molecule has 1 N–H and O–H groups in total. The molecule has 18 heavy (non-hydrogen) atoms. The average Bonchev–Trinajstić information content (AvgIpc) is 2.71. The Morgan fingerprint density at radius 1 is 1.28 bits per heavy atom. The van der Waals surface area contributed by atoms with E-state index in [2.05, 4.69) is 4.98 Å². The van der Waals surface area contributed by atoms with Gasteiger partial charge in [-0.25, -0.2) is 4.98 Å². The Hall–Kier alpha value is -1.68. The van der Waals surface area contributed by atoms with Gasteiger partial charge < -0.3 is 5.11 Å². The molecule has 94 valence electrons. The van der Waals surface area contributed by atoms with E-state index in [1.165, 1.54) is 5.56 Å². The van der Waals surface area contributed by atoms with Crippen LogP contribution in [0.15, 0.2) is 24.3 Å². The van der Waals surface area contributed by atoms with Crippen molar-refractivity contribution in [3.63, 3.8) is 0 Å². The molecule has 0 fully saturated rings. The first kappa shape index (κ1) is 12.8. The Kier molecular flexibility index (Phi) is 3.48. The fourth-order valence-electron chi connectivity index (χ4n) is 1.75. The molecule has 1 unspecified atom stereocenters. The predicted molar refractivity (Wildman–Crippen MR) is 73.1 cm³/mol. The number of aromatic nitrogens is 1. The molecule has 0 aliphatic heterocycles. The van der Waals surface area contributed by atoms with Gasteiger partial charge in [-0.15, -0.1) is 11.3 Å². The third-order valence-corrected chi connectivity index (χ3v) is 3.95. The topological polar surface area (TPSA) is 50.2 Å². The molecule has 0 aliphatic carbocycles. The first-order valence-corrected chi connectivity index (χ1v) is 6.58. The van der Waals surface area contributed by atoms with Crippen molar-refractivity contribution >= 4 is 17.3 Å². The van der Waals surface area contributed by atoms with E-state index in [4.69, 9.17) is 5.11 Å². The van der Waals surface area contributed by atoms with E-state index in [1.54, 1.807) is 18.3 Å². The van der Waals surface area contributed by atoms with Crippen molar-refractivity contribution in [3.8, 4) is 10.6 Å². The van der Waals surface area contributed by atoms with Gasteiger partial charge in [-0.3, -0.25) is 4.79 Å². The van der Waals surface area contributed by atoms with E-state index in [-0.39, 0.29) is 0 Å². The third kappa shape index (κ3) is 2.43. The SMILES string of the molecule is Cc1ccc(-c2nc(C(C)C(=O)O)c(C)s2)cc1. The summed E-state index contributed by atoms with van der Waals surface area (Å²) in [6.07, 6.45) is 0. The lowest BCUT2D eigenvalue weighted by Crippen LogP contribution is -2.08. The number of thiazole rings is 1. The Morgan fingerprint density at radius 3 is 2.44 bits per heavy atom. The molecule has 1 aromatic heterocycles. The van der Waals surface area contributed by atoms with Crippen molar-refractivity contribution in [2.75, 3.05) is 0 Å². The molecule has 2 rings (SSSR count). The van der Waals surface area contributed by atoms with E-state index >= 15 is 0 Å². The lowest BCUT2D eigenvalue weighted by Gasteiger charge is -2.02. The first-order valence-electron chi connectivity index (χ1n) is 5.76. The number of rotatable bonds is 3. The highest BCUT2D eigenvalue weighted by Gasteiger charge is 2.20. The van der Waals surface area contributed by atoms with Gasteiger partial charge in [0.15, 0.2) is 0 Å². The quantitative estimate of drug-likeness (QED) is 0.918. The molecule has 4 heteroatoms. The van der Waals surface area contributed by atoms with Crippen molar-refractivity contribution in [2.45, 2.75) is 26.7 Å². The van der Waals surface area contributed by atoms with Crippen molar-refractivity contribution in [1.29, 1.82) is 0 Å². The van der Waals surface area contributed by atoms with Crippen LogP contribution >= 0.6 is 11.3 Å². The summed E-state index contributed by atoms with van der Waals surface area (Å²) in [4.78, 5) is 16.4. The highest BCUT2D eigenvalue weighted by atomic mass is 32.1. The summed E-state index contributed by atoms with van der Waals surface area (Å²) in [5, 5.41) is 9.93. The lowest BCUT2D eigenvalue weighted by molar-refractivity contribution is -0.138. The highest BCUT2D eigenvalue weighted by molar-refractivity contribution is 7.15. The number of aliphatic carboxylic acids is 1. The highest BCUT2D eigenvalue weighted by Crippen LogP contribution is 2.31. The van der Waals surface area contributed by atoms with Crippen LogP contribution in [0.25, 0.3) is 10.6 Å². The van der Waals surface area contributed by atoms with Gasteiger partial charge in [-0.2, -0.15) is 0 Å². The lowest BCUT2D eigenvalue weighted by atomic mass is 10.1. The molecule has 0 saturated heterocycles. The minimum atomic E-state index is -0.834. The molecular weight excluding hydrogens is 246 g/mol. The van der Waals surface area contributed by atoms with Crippen molar-refractivity contribution in [2.24, 2.45) is 0 Å². The van der Waals surface area contributed by atoms with E-state index in [0.717, 1.165) is 15.4 Å². The summed E-state index contributed by atoms with van der Waals surface area (Å²) < 4.78 is 0. The maximum absolute atomic E-state index is 11.0. The van der Waals surface area contributed by atoms with Crippen LogP contribution in [-0.4, -0.2) is 16.1 Å². The van der Waals surface area contributed by atoms with Crippen molar-refractivity contribution in [1.82, 2.24) is 4.98 Å². The van der Waals surface area contributed by atoms with Crippen LogP contribution in [0.4, 0.5) is 0 Å². The van der Waals surface area contributed by atoms with Gasteiger partial charge >= 0.3 is 5.97 Å². The second kappa shape index (κ2) is 4.90. The van der Waals surface area contributed by atoms with E-state index < -0.39 is 11.9 Å². The third-order valence-electron chi connectivity index (χ3n) is 2.91. The molecule has 1 heterocycles. The van der Waals surface area contributed by atoms with E-state index in [1.807, 2.05) is 38.1 Å². The van der Waals surface area contributed by atoms with Crippen LogP contribution in [0.5, 0.6) is 0 Å². The number of hydrogen-bond acceptors (Lipinski definition) is 3. The monoisotopic (exact) mass is 261 g/mol. The summed E-state index contributed by atoms with van der Waals surface area (Å²) in [6.45, 7) is 5.63. The second-order valence-corrected chi connectivity index (χ2v) is 5.59. The van der Waals surface area contributed by atoms with Gasteiger partial charge in [0.25, 0.3) is 0 Å². The van der Waals surface area contributed by atoms with Gasteiger partial charge in [-0.05, 0) is 20.8 Å². The molecule has 0 aliphatic rings. The molecular formula is C14H15NO2S. The number of aryl methyl sites for hydroxylation is 2. The maximum Gasteiger partial charge on any atom is 0.312 e. The molecule has 0 spiro atoms. The van der Waals surface area contributed by atoms with E-state index in [0.29, 0.717) is 5.69 Å². The number of carboxylic acid groups (broad SMARTS) is 1. The summed E-state index contributed by atoms with van der Waals surface area (Å²) in [7, 11) is 0. The summed E-state index contributed by atoms with van der Waals surface area (Å²) in [6, 6.07) is 8.10. The fourth-order valence-corrected chi connectivity index (χ4v) is 2.76. The van der Waals surface area contributed by atoms with Crippen LogP contribution in [0.3, 0.4) is 0 Å². The van der Waals surface area contributed by atoms with Crippen molar-refractivity contribution in [3.05, 3.63) is 40.4 Å². The number of carbonyl (C=O) groups is 1. The van der Waals surface area contributed by atoms with Gasteiger partial charge in [0.1, 0.15) is 5.01 Å². The molecule has 0 bridgehead atoms. The van der Waals surface area contributed by atoms with Crippen LogP contribution in [0, 0.1) is 13.8 Å². The smallest absolute Gasteiger partial charge is 0.312 e. The minimum absolute atomic E-state index is 0.555. The molecule has 0 radical (unpaired) electrons. The Morgan fingerprint density at radius 2 is 1.89 bits per heavy atom. The van der Waals surface area contributed by atoms with Gasteiger partial charge in [0, 0.05) is 10.4 Å². The van der Waals surface area contributed by atoms with Crippen LogP contribution in [-0.2, 0) is 4.79 Å². The molecule has 0 saturated carbocycles. The minimum Gasteiger partial charge on any atom is -0.481 e. The maximum atomic E-state index is 11.0. The van der Waals surface area contributed by atoms with Crippen LogP contribution in [0.2, 0.25) is 0 Å². The summed E-state index contributed by atoms with van der Waals surface area (Å²) in [5.41, 5.74) is 2.91. The largest absolute Gasteiger partial charge is 0.481 e. The zero-order valence-electron chi connectivity index (χ0n) is 10.6. The van der Waals surface area contributed by atoms with Gasteiger partial charge in [0.05, 0.1) is 11.6 Å². The molecule has 0 amide bonds. The number of hydrogen-bond donors (Lipinski definition) is 1. The Balaban J connectivity index is 2.40. The standard InChI is InChI=1S/C14H15NO2S/c1-8-4-6-11(7-5-8)13-15-12(10(3)18-13)9(2)14(16)17/h4-7,9H,1-3H3,(H,16,17). The number of benzene rings is 1. The number of carboxylic acids is 1. The molecule has 3 nitrogen and oxygen atoms in total. The van der Waals surface area contributed by atoms with Crippen LogP contribution < -0.4 is 0 Å². The van der Waals surface area contributed by atoms with Gasteiger partial charge in [-0.1, -0.05) is 29.8 Å². The summed E-state index contributed by atoms with van der Waals surface area (Å²) >= 11 is 1.54. The average molecular weight is 261 g/mol. The van der Waals surface area contributed by atoms with Crippen molar-refractivity contribution < 1.29 is 9.90 Å². The molecule has 2 aromatic rings. The summed E-state index contributed by atoms with van der Waals surface area (Å²) in [5.74, 6) is -1.39. The first-order chi connectivity index (χ1) is 8.49. The fraction of sp³-hybridized carbons (Fsp3) is 0.286. The van der Waals surface area contributed by atoms with E-state index in [9.17, 15) is 4.79 Å².